The van der Waals surface area contributed by atoms with Gasteiger partial charge in [-0.15, -0.1) is 0 Å². The van der Waals surface area contributed by atoms with Gasteiger partial charge in [-0.1, -0.05) is 55.1 Å². The number of sulfonamides is 1. The molecule has 2 aromatic rings. The van der Waals surface area contributed by atoms with Crippen molar-refractivity contribution in [2.24, 2.45) is 5.92 Å². The molecule has 7 heteroatoms. The first kappa shape index (κ1) is 19.7. The average Bonchev–Trinajstić information content (AvgIpc) is 2.74. The predicted molar refractivity (Wildman–Crippen MR) is 111 cm³/mol. The van der Waals surface area contributed by atoms with E-state index in [-0.39, 0.29) is 16.7 Å². The summed E-state index contributed by atoms with van der Waals surface area (Å²) >= 11 is 6.32. The van der Waals surface area contributed by atoms with Gasteiger partial charge in [0.1, 0.15) is 0 Å². The van der Waals surface area contributed by atoms with E-state index in [0.29, 0.717) is 36.6 Å². The van der Waals surface area contributed by atoms with E-state index in [1.165, 1.54) is 10.7 Å². The molecule has 0 spiro atoms. The smallest absolute Gasteiger partial charge is 0.243 e. The summed E-state index contributed by atoms with van der Waals surface area (Å²) in [5, 5.41) is 1.80. The lowest BCUT2D eigenvalue weighted by atomic mass is 9.88. The zero-order chi connectivity index (χ0) is 19.7. The van der Waals surface area contributed by atoms with Crippen LogP contribution in [0.25, 0.3) is 10.8 Å². The zero-order valence-electron chi connectivity index (χ0n) is 15.8. The summed E-state index contributed by atoms with van der Waals surface area (Å²) in [5.74, 6) is 0.318. The fraction of sp³-hybridized carbons (Fsp3) is 0.476. The molecule has 2 fully saturated rings. The van der Waals surface area contributed by atoms with E-state index in [1.807, 2.05) is 23.1 Å². The van der Waals surface area contributed by atoms with E-state index in [0.717, 1.165) is 31.1 Å². The Labute approximate surface area is 171 Å². The lowest BCUT2D eigenvalue weighted by molar-refractivity contribution is -0.137. The Morgan fingerprint density at radius 1 is 0.929 bits per heavy atom. The third-order valence-corrected chi connectivity index (χ3v) is 8.19. The van der Waals surface area contributed by atoms with Crippen LogP contribution in [0.5, 0.6) is 0 Å². The Bertz CT molecular complexity index is 973. The Hall–Kier alpha value is -1.63. The minimum Gasteiger partial charge on any atom is -0.340 e. The lowest BCUT2D eigenvalue weighted by Gasteiger charge is -2.36. The van der Waals surface area contributed by atoms with Crippen molar-refractivity contribution in [2.75, 3.05) is 26.2 Å². The normalized spacial score (nSPS) is 19.8. The molecule has 0 radical (unpaired) electrons. The molecule has 1 aliphatic carbocycles. The van der Waals surface area contributed by atoms with Crippen molar-refractivity contribution in [3.05, 3.63) is 41.4 Å². The molecule has 2 aliphatic rings. The Kier molecular flexibility index (Phi) is 5.63. The third-order valence-electron chi connectivity index (χ3n) is 5.94. The van der Waals surface area contributed by atoms with Crippen molar-refractivity contribution in [1.29, 1.82) is 0 Å². The molecular formula is C21H25ClN2O3S. The molecular weight excluding hydrogens is 396 g/mol. The number of halogens is 1. The summed E-state index contributed by atoms with van der Waals surface area (Å²) in [6.07, 6.45) is 5.38. The second-order valence-electron chi connectivity index (χ2n) is 7.66. The van der Waals surface area contributed by atoms with E-state index >= 15 is 0 Å². The molecule has 1 saturated heterocycles. The number of amides is 1. The van der Waals surface area contributed by atoms with Crippen molar-refractivity contribution in [2.45, 2.75) is 37.0 Å². The van der Waals surface area contributed by atoms with Crippen molar-refractivity contribution >= 4 is 38.3 Å². The number of piperazine rings is 1. The van der Waals surface area contributed by atoms with Gasteiger partial charge in [0.15, 0.2) is 0 Å². The standard InChI is InChI=1S/C21H25ClN2O3S/c22-18-10-4-8-16-9-5-11-19(20(16)18)28(26,27)24-14-12-23(13-15-24)21(25)17-6-2-1-3-7-17/h4-5,8-11,17H,1-3,6-7,12-15H2. The molecule has 0 bridgehead atoms. The lowest BCUT2D eigenvalue weighted by Crippen LogP contribution is -2.52. The van der Waals surface area contributed by atoms with Crippen LogP contribution >= 0.6 is 11.6 Å². The first-order chi connectivity index (χ1) is 13.5. The van der Waals surface area contributed by atoms with Gasteiger partial charge in [0.25, 0.3) is 0 Å². The second-order valence-corrected chi connectivity index (χ2v) is 9.97. The molecule has 0 N–H and O–H groups in total. The Morgan fingerprint density at radius 3 is 2.25 bits per heavy atom. The third kappa shape index (κ3) is 3.65. The number of rotatable bonds is 3. The average molecular weight is 421 g/mol. The van der Waals surface area contributed by atoms with Crippen LogP contribution in [0.4, 0.5) is 0 Å². The first-order valence-corrected chi connectivity index (χ1v) is 11.8. The number of hydrogen-bond donors (Lipinski definition) is 0. The second kappa shape index (κ2) is 8.01. The Balaban J connectivity index is 1.52. The van der Waals surface area contributed by atoms with Gasteiger partial charge >= 0.3 is 0 Å². The minimum absolute atomic E-state index is 0.119. The van der Waals surface area contributed by atoms with Gasteiger partial charge in [-0.2, -0.15) is 4.31 Å². The minimum atomic E-state index is -3.67. The summed E-state index contributed by atoms with van der Waals surface area (Å²) in [6.45, 7) is 1.55. The number of carbonyl (C=O) groups is 1. The van der Waals surface area contributed by atoms with Gasteiger partial charge in [0, 0.05) is 42.5 Å². The maximum atomic E-state index is 13.3. The molecule has 5 nitrogen and oxygen atoms in total. The van der Waals surface area contributed by atoms with Crippen LogP contribution in [0.15, 0.2) is 41.3 Å². The summed E-state index contributed by atoms with van der Waals surface area (Å²) in [5.41, 5.74) is 0. The maximum Gasteiger partial charge on any atom is 0.243 e. The van der Waals surface area contributed by atoms with Gasteiger partial charge < -0.3 is 4.90 Å². The van der Waals surface area contributed by atoms with Crippen LogP contribution in [0.1, 0.15) is 32.1 Å². The highest BCUT2D eigenvalue weighted by atomic mass is 35.5. The monoisotopic (exact) mass is 420 g/mol. The molecule has 1 amide bonds. The number of carbonyl (C=O) groups excluding carboxylic acids is 1. The molecule has 28 heavy (non-hydrogen) atoms. The van der Waals surface area contributed by atoms with Crippen LogP contribution in [0.2, 0.25) is 5.02 Å². The van der Waals surface area contributed by atoms with Gasteiger partial charge in [-0.25, -0.2) is 8.42 Å². The van der Waals surface area contributed by atoms with Crippen molar-refractivity contribution in [1.82, 2.24) is 9.21 Å². The molecule has 4 rings (SSSR count). The van der Waals surface area contributed by atoms with Crippen molar-refractivity contribution in [3.8, 4) is 0 Å². The van der Waals surface area contributed by atoms with E-state index in [2.05, 4.69) is 0 Å². The summed E-state index contributed by atoms with van der Waals surface area (Å²) < 4.78 is 28.1. The largest absolute Gasteiger partial charge is 0.340 e. The van der Waals surface area contributed by atoms with Gasteiger partial charge in [0.05, 0.1) is 4.90 Å². The van der Waals surface area contributed by atoms with E-state index in [4.69, 9.17) is 11.6 Å². The van der Waals surface area contributed by atoms with Crippen LogP contribution < -0.4 is 0 Å². The van der Waals surface area contributed by atoms with E-state index in [9.17, 15) is 13.2 Å². The predicted octanol–water partition coefficient (Wildman–Crippen LogP) is 3.91. The topological polar surface area (TPSA) is 57.7 Å². The highest BCUT2D eigenvalue weighted by Crippen LogP contribution is 2.32. The van der Waals surface area contributed by atoms with Crippen LogP contribution in [-0.4, -0.2) is 49.7 Å². The SMILES string of the molecule is O=C(C1CCCCC1)N1CCN(S(=O)(=O)c2cccc3cccc(Cl)c23)CC1. The molecule has 0 atom stereocenters. The molecule has 0 unspecified atom stereocenters. The fourth-order valence-corrected chi connectivity index (χ4v) is 6.37. The summed E-state index contributed by atoms with van der Waals surface area (Å²) in [6, 6.07) is 10.6. The van der Waals surface area contributed by atoms with Crippen LogP contribution in [0.3, 0.4) is 0 Å². The number of hydrogen-bond acceptors (Lipinski definition) is 3. The molecule has 150 valence electrons. The van der Waals surface area contributed by atoms with E-state index < -0.39 is 10.0 Å². The fourth-order valence-electron chi connectivity index (χ4n) is 4.37. The highest BCUT2D eigenvalue weighted by molar-refractivity contribution is 7.89. The van der Waals surface area contributed by atoms with Crippen molar-refractivity contribution in [3.63, 3.8) is 0 Å². The summed E-state index contributed by atoms with van der Waals surface area (Å²) in [4.78, 5) is 14.8. The molecule has 1 saturated carbocycles. The summed E-state index contributed by atoms with van der Waals surface area (Å²) in [7, 11) is -3.67. The van der Waals surface area contributed by atoms with Crippen LogP contribution in [0, 0.1) is 5.92 Å². The first-order valence-electron chi connectivity index (χ1n) is 9.94. The highest BCUT2D eigenvalue weighted by Gasteiger charge is 2.33. The number of benzene rings is 2. The van der Waals surface area contributed by atoms with E-state index in [1.54, 1.807) is 18.2 Å². The van der Waals surface area contributed by atoms with Crippen molar-refractivity contribution < 1.29 is 13.2 Å². The Morgan fingerprint density at radius 2 is 1.57 bits per heavy atom. The molecule has 2 aromatic carbocycles. The molecule has 0 aromatic heterocycles. The zero-order valence-corrected chi connectivity index (χ0v) is 17.4. The molecule has 1 aliphatic heterocycles. The van der Waals surface area contributed by atoms with Gasteiger partial charge in [0.2, 0.25) is 15.9 Å². The molecule has 1 heterocycles. The number of nitrogens with zero attached hydrogens (tertiary/aromatic N) is 2. The van der Waals surface area contributed by atoms with Crippen LogP contribution in [-0.2, 0) is 14.8 Å². The number of fused-ring (bicyclic) bond motifs is 1. The quantitative estimate of drug-likeness (QED) is 0.756. The van der Waals surface area contributed by atoms with Gasteiger partial charge in [-0.3, -0.25) is 4.79 Å². The maximum absolute atomic E-state index is 13.3. The van der Waals surface area contributed by atoms with Gasteiger partial charge in [-0.05, 0) is 30.4 Å².